The van der Waals surface area contributed by atoms with Gasteiger partial charge in [-0.2, -0.15) is 0 Å². The van der Waals surface area contributed by atoms with Crippen molar-refractivity contribution >= 4 is 5.69 Å². The van der Waals surface area contributed by atoms with Gasteiger partial charge in [-0.05, 0) is 36.2 Å². The zero-order valence-corrected chi connectivity index (χ0v) is 10.6. The lowest BCUT2D eigenvalue weighted by Gasteiger charge is -2.12. The number of aryl methyl sites for hydroxylation is 1. The van der Waals surface area contributed by atoms with E-state index in [2.05, 4.69) is 53.2 Å². The molecule has 0 N–H and O–H groups in total. The maximum absolute atomic E-state index is 4.42. The molecule has 17 heavy (non-hydrogen) atoms. The van der Waals surface area contributed by atoms with Crippen molar-refractivity contribution in [3.8, 4) is 11.3 Å². The molecule has 0 bridgehead atoms. The van der Waals surface area contributed by atoms with E-state index in [9.17, 15) is 0 Å². The van der Waals surface area contributed by atoms with E-state index in [1.807, 2.05) is 20.3 Å². The van der Waals surface area contributed by atoms with Gasteiger partial charge in [-0.25, -0.2) is 0 Å². The molecular formula is C15H18N2. The minimum absolute atomic E-state index is 1.05. The molecule has 0 aliphatic heterocycles. The van der Waals surface area contributed by atoms with Crippen molar-refractivity contribution in [3.63, 3.8) is 0 Å². The number of hydrogen-bond acceptors (Lipinski definition) is 2. The Balaban J connectivity index is 2.32. The normalized spacial score (nSPS) is 10.3. The van der Waals surface area contributed by atoms with Gasteiger partial charge in [-0.1, -0.05) is 19.1 Å². The Hall–Kier alpha value is -1.83. The Morgan fingerprint density at radius 1 is 1.06 bits per heavy atom. The van der Waals surface area contributed by atoms with E-state index in [1.54, 1.807) is 0 Å². The van der Waals surface area contributed by atoms with Crippen LogP contribution in [0, 0.1) is 0 Å². The van der Waals surface area contributed by atoms with Crippen LogP contribution in [-0.2, 0) is 6.42 Å². The smallest absolute Gasteiger partial charge is 0.0704 e. The first-order valence-corrected chi connectivity index (χ1v) is 5.93. The van der Waals surface area contributed by atoms with Gasteiger partial charge in [0, 0.05) is 31.5 Å². The Morgan fingerprint density at radius 3 is 2.35 bits per heavy atom. The van der Waals surface area contributed by atoms with Gasteiger partial charge in [0.05, 0.1) is 5.69 Å². The minimum Gasteiger partial charge on any atom is -0.378 e. The molecule has 2 heteroatoms. The second kappa shape index (κ2) is 5.00. The molecule has 0 aliphatic carbocycles. The first-order valence-electron chi connectivity index (χ1n) is 5.93. The predicted molar refractivity (Wildman–Crippen MR) is 73.4 cm³/mol. The van der Waals surface area contributed by atoms with Crippen molar-refractivity contribution in [1.82, 2.24) is 4.98 Å². The van der Waals surface area contributed by atoms with Crippen LogP contribution in [0.3, 0.4) is 0 Å². The SMILES string of the molecule is CCc1ccnc(-c2ccc(N(C)C)cc2)c1. The third-order valence-corrected chi connectivity index (χ3v) is 2.91. The lowest BCUT2D eigenvalue weighted by atomic mass is 10.1. The fourth-order valence-corrected chi connectivity index (χ4v) is 1.78. The van der Waals surface area contributed by atoms with Crippen LogP contribution in [0.1, 0.15) is 12.5 Å². The summed E-state index contributed by atoms with van der Waals surface area (Å²) in [5.74, 6) is 0. The third-order valence-electron chi connectivity index (χ3n) is 2.91. The standard InChI is InChI=1S/C15H18N2/c1-4-12-9-10-16-15(11-12)13-5-7-14(8-6-13)17(2)3/h5-11H,4H2,1-3H3. The van der Waals surface area contributed by atoms with Crippen LogP contribution < -0.4 is 4.90 Å². The molecule has 0 amide bonds. The second-order valence-corrected chi connectivity index (χ2v) is 4.34. The molecule has 0 unspecified atom stereocenters. The average molecular weight is 226 g/mol. The zero-order chi connectivity index (χ0) is 12.3. The lowest BCUT2D eigenvalue weighted by Crippen LogP contribution is -2.07. The summed E-state index contributed by atoms with van der Waals surface area (Å²) < 4.78 is 0. The van der Waals surface area contributed by atoms with E-state index in [0.717, 1.165) is 12.1 Å². The number of anilines is 1. The third kappa shape index (κ3) is 2.64. The number of hydrogen-bond donors (Lipinski definition) is 0. The van der Waals surface area contributed by atoms with Crippen molar-refractivity contribution in [3.05, 3.63) is 48.2 Å². The lowest BCUT2D eigenvalue weighted by molar-refractivity contribution is 1.12. The molecule has 1 aromatic carbocycles. The molecule has 1 heterocycles. The summed E-state index contributed by atoms with van der Waals surface area (Å²) in [4.78, 5) is 6.52. The van der Waals surface area contributed by atoms with Gasteiger partial charge >= 0.3 is 0 Å². The molecule has 0 radical (unpaired) electrons. The average Bonchev–Trinajstić information content (AvgIpc) is 2.39. The van der Waals surface area contributed by atoms with Crippen molar-refractivity contribution in [1.29, 1.82) is 0 Å². The Kier molecular flexibility index (Phi) is 3.43. The number of aromatic nitrogens is 1. The molecule has 0 spiro atoms. The molecule has 2 nitrogen and oxygen atoms in total. The predicted octanol–water partition coefficient (Wildman–Crippen LogP) is 3.38. The highest BCUT2D eigenvalue weighted by molar-refractivity contribution is 5.63. The van der Waals surface area contributed by atoms with E-state index in [1.165, 1.54) is 16.8 Å². The summed E-state index contributed by atoms with van der Waals surface area (Å²) in [5, 5.41) is 0. The second-order valence-electron chi connectivity index (χ2n) is 4.34. The van der Waals surface area contributed by atoms with Gasteiger partial charge in [0.2, 0.25) is 0 Å². The van der Waals surface area contributed by atoms with Crippen molar-refractivity contribution < 1.29 is 0 Å². The van der Waals surface area contributed by atoms with Crippen molar-refractivity contribution in [2.45, 2.75) is 13.3 Å². The first kappa shape index (κ1) is 11.6. The van der Waals surface area contributed by atoms with E-state index < -0.39 is 0 Å². The maximum Gasteiger partial charge on any atom is 0.0704 e. The van der Waals surface area contributed by atoms with Crippen LogP contribution in [0.5, 0.6) is 0 Å². The Labute approximate surface area is 103 Å². The summed E-state index contributed by atoms with van der Waals surface area (Å²) in [6, 6.07) is 12.7. The molecule has 0 fully saturated rings. The number of pyridine rings is 1. The fourth-order valence-electron chi connectivity index (χ4n) is 1.78. The fraction of sp³-hybridized carbons (Fsp3) is 0.267. The minimum atomic E-state index is 1.05. The molecule has 0 atom stereocenters. The number of benzene rings is 1. The number of rotatable bonds is 3. The van der Waals surface area contributed by atoms with Gasteiger partial charge < -0.3 is 4.90 Å². The topological polar surface area (TPSA) is 16.1 Å². The molecule has 0 aliphatic rings. The van der Waals surface area contributed by atoms with E-state index in [4.69, 9.17) is 0 Å². The van der Waals surface area contributed by atoms with Gasteiger partial charge in [-0.3, -0.25) is 4.98 Å². The highest BCUT2D eigenvalue weighted by Gasteiger charge is 2.01. The molecule has 2 rings (SSSR count). The van der Waals surface area contributed by atoms with Crippen LogP contribution >= 0.6 is 0 Å². The van der Waals surface area contributed by atoms with E-state index >= 15 is 0 Å². The Bertz CT molecular complexity index is 487. The van der Waals surface area contributed by atoms with Crippen LogP contribution in [0.15, 0.2) is 42.6 Å². The molecule has 88 valence electrons. The highest BCUT2D eigenvalue weighted by Crippen LogP contribution is 2.21. The van der Waals surface area contributed by atoms with Gasteiger partial charge in [0.15, 0.2) is 0 Å². The van der Waals surface area contributed by atoms with Crippen LogP contribution in [-0.4, -0.2) is 19.1 Å². The summed E-state index contributed by atoms with van der Waals surface area (Å²) in [5.41, 5.74) is 4.76. The summed E-state index contributed by atoms with van der Waals surface area (Å²) >= 11 is 0. The molecule has 1 aromatic heterocycles. The van der Waals surface area contributed by atoms with Crippen molar-refractivity contribution in [2.75, 3.05) is 19.0 Å². The van der Waals surface area contributed by atoms with E-state index in [-0.39, 0.29) is 0 Å². The summed E-state index contributed by atoms with van der Waals surface area (Å²) in [6.45, 7) is 2.16. The van der Waals surface area contributed by atoms with Crippen LogP contribution in [0.25, 0.3) is 11.3 Å². The molecule has 0 saturated heterocycles. The van der Waals surface area contributed by atoms with Gasteiger partial charge in [0.1, 0.15) is 0 Å². The first-order chi connectivity index (χ1) is 8.20. The molecular weight excluding hydrogens is 208 g/mol. The quantitative estimate of drug-likeness (QED) is 0.797. The molecule has 0 saturated carbocycles. The largest absolute Gasteiger partial charge is 0.378 e. The Morgan fingerprint density at radius 2 is 1.76 bits per heavy atom. The van der Waals surface area contributed by atoms with Gasteiger partial charge in [0.25, 0.3) is 0 Å². The highest BCUT2D eigenvalue weighted by atomic mass is 15.1. The van der Waals surface area contributed by atoms with Crippen LogP contribution in [0.2, 0.25) is 0 Å². The summed E-state index contributed by atoms with van der Waals surface area (Å²) in [7, 11) is 4.09. The van der Waals surface area contributed by atoms with E-state index in [0.29, 0.717) is 0 Å². The summed E-state index contributed by atoms with van der Waals surface area (Å²) in [6.07, 6.45) is 2.93. The maximum atomic E-state index is 4.42. The van der Waals surface area contributed by atoms with Crippen molar-refractivity contribution in [2.24, 2.45) is 0 Å². The van der Waals surface area contributed by atoms with Gasteiger partial charge in [-0.15, -0.1) is 0 Å². The monoisotopic (exact) mass is 226 g/mol. The van der Waals surface area contributed by atoms with Crippen LogP contribution in [0.4, 0.5) is 5.69 Å². The number of nitrogens with zero attached hydrogens (tertiary/aromatic N) is 2. The molecule has 2 aromatic rings. The zero-order valence-electron chi connectivity index (χ0n) is 10.6.